The first-order valence-corrected chi connectivity index (χ1v) is 12.2. The summed E-state index contributed by atoms with van der Waals surface area (Å²) in [4.78, 5) is 26.5. The second-order valence-electron chi connectivity index (χ2n) is 6.66. The molecule has 30 heavy (non-hydrogen) atoms. The molecule has 2 amide bonds. The summed E-state index contributed by atoms with van der Waals surface area (Å²) in [5.74, 6) is 0.359. The number of imide groups is 1. The Morgan fingerprint density at radius 2 is 1.80 bits per heavy atom. The van der Waals surface area contributed by atoms with E-state index in [0.717, 1.165) is 22.9 Å². The molecule has 158 valence electrons. The van der Waals surface area contributed by atoms with E-state index in [1.807, 2.05) is 32.0 Å². The van der Waals surface area contributed by atoms with Crippen molar-refractivity contribution in [3.63, 3.8) is 0 Å². The molecule has 2 aromatic rings. The zero-order chi connectivity index (χ0) is 22.0. The van der Waals surface area contributed by atoms with Crippen LogP contribution >= 0.6 is 66.8 Å². The van der Waals surface area contributed by atoms with E-state index in [1.165, 1.54) is 4.90 Å². The van der Waals surface area contributed by atoms with Gasteiger partial charge >= 0.3 is 0 Å². The van der Waals surface area contributed by atoms with Gasteiger partial charge in [0.1, 0.15) is 12.4 Å². The molecule has 0 bridgehead atoms. The van der Waals surface area contributed by atoms with Gasteiger partial charge < -0.3 is 4.74 Å². The number of hydrogen-bond donors (Lipinski definition) is 0. The van der Waals surface area contributed by atoms with Gasteiger partial charge in [0, 0.05) is 6.04 Å². The number of thioether (sulfide) groups is 1. The summed E-state index contributed by atoms with van der Waals surface area (Å²) >= 11 is 20.0. The average Bonchev–Trinajstić information content (AvgIpc) is 2.96. The maximum Gasteiger partial charge on any atom is 0.293 e. The minimum absolute atomic E-state index is 0.126. The molecule has 0 saturated carbocycles. The molecule has 0 unspecified atom stereocenters. The van der Waals surface area contributed by atoms with Crippen LogP contribution in [0.15, 0.2) is 44.2 Å². The van der Waals surface area contributed by atoms with Crippen LogP contribution in [0.3, 0.4) is 0 Å². The molecule has 0 spiro atoms. The molecule has 1 heterocycles. The molecule has 1 fully saturated rings. The SMILES string of the molecule is CC[C@H](C)N1C(=O)S/C(=C/c2cc(Br)c(OCc3ccc(Cl)c(Cl)c3)c(Br)c2)C1=O. The van der Waals surface area contributed by atoms with Gasteiger partial charge in [-0.2, -0.15) is 0 Å². The third kappa shape index (κ3) is 5.25. The fraction of sp³-hybridized carbons (Fsp3) is 0.238. The number of halogens is 4. The summed E-state index contributed by atoms with van der Waals surface area (Å²) in [5.41, 5.74) is 1.65. The van der Waals surface area contributed by atoms with Crippen molar-refractivity contribution in [2.45, 2.75) is 32.9 Å². The second-order valence-corrected chi connectivity index (χ2v) is 10.2. The molecule has 1 atom stereocenters. The number of rotatable bonds is 6. The van der Waals surface area contributed by atoms with Crippen molar-refractivity contribution in [1.82, 2.24) is 4.90 Å². The Labute approximate surface area is 206 Å². The lowest BCUT2D eigenvalue weighted by molar-refractivity contribution is -0.124. The molecule has 1 aliphatic rings. The van der Waals surface area contributed by atoms with E-state index in [4.69, 9.17) is 27.9 Å². The predicted molar refractivity (Wildman–Crippen MR) is 130 cm³/mol. The van der Waals surface area contributed by atoms with Gasteiger partial charge in [-0.05, 0) is 98.4 Å². The highest BCUT2D eigenvalue weighted by Crippen LogP contribution is 2.39. The molecule has 0 N–H and O–H groups in total. The Balaban J connectivity index is 1.79. The fourth-order valence-electron chi connectivity index (χ4n) is 2.78. The van der Waals surface area contributed by atoms with Crippen molar-refractivity contribution in [3.05, 3.63) is 65.4 Å². The Morgan fingerprint density at radius 3 is 2.40 bits per heavy atom. The van der Waals surface area contributed by atoms with Crippen molar-refractivity contribution >= 4 is 84.0 Å². The first-order chi connectivity index (χ1) is 14.2. The lowest BCUT2D eigenvalue weighted by Crippen LogP contribution is -2.36. The van der Waals surface area contributed by atoms with Crippen molar-refractivity contribution < 1.29 is 14.3 Å². The van der Waals surface area contributed by atoms with Gasteiger partial charge in [-0.1, -0.05) is 36.2 Å². The lowest BCUT2D eigenvalue weighted by atomic mass is 10.2. The molecule has 9 heteroatoms. The smallest absolute Gasteiger partial charge is 0.293 e. The molecule has 1 saturated heterocycles. The normalized spacial score (nSPS) is 16.5. The van der Waals surface area contributed by atoms with E-state index >= 15 is 0 Å². The third-order valence-electron chi connectivity index (χ3n) is 4.54. The van der Waals surface area contributed by atoms with E-state index in [-0.39, 0.29) is 17.2 Å². The molecule has 0 radical (unpaired) electrons. The summed E-state index contributed by atoms with van der Waals surface area (Å²) in [7, 11) is 0. The molecule has 2 aromatic carbocycles. The Morgan fingerprint density at radius 1 is 1.13 bits per heavy atom. The van der Waals surface area contributed by atoms with Crippen LogP contribution in [-0.4, -0.2) is 22.1 Å². The monoisotopic (exact) mass is 591 g/mol. The maximum atomic E-state index is 12.6. The summed E-state index contributed by atoms with van der Waals surface area (Å²) in [6.07, 6.45) is 2.43. The van der Waals surface area contributed by atoms with Crippen LogP contribution < -0.4 is 4.74 Å². The van der Waals surface area contributed by atoms with Gasteiger partial charge in [0.15, 0.2) is 0 Å². The van der Waals surface area contributed by atoms with Crippen LogP contribution in [0.4, 0.5) is 4.79 Å². The zero-order valence-electron chi connectivity index (χ0n) is 16.0. The summed E-state index contributed by atoms with van der Waals surface area (Å²) in [6, 6.07) is 8.88. The van der Waals surface area contributed by atoms with Crippen LogP contribution in [0.5, 0.6) is 5.75 Å². The van der Waals surface area contributed by atoms with Crippen molar-refractivity contribution in [1.29, 1.82) is 0 Å². The number of hydrogen-bond acceptors (Lipinski definition) is 4. The predicted octanol–water partition coefficient (Wildman–Crippen LogP) is 7.93. The zero-order valence-corrected chi connectivity index (χ0v) is 21.5. The molecule has 4 nitrogen and oxygen atoms in total. The maximum absolute atomic E-state index is 12.6. The van der Waals surface area contributed by atoms with Gasteiger partial charge in [0.05, 0.1) is 23.9 Å². The number of carbonyl (C=O) groups excluding carboxylic acids is 2. The van der Waals surface area contributed by atoms with Crippen molar-refractivity contribution in [2.24, 2.45) is 0 Å². The Bertz CT molecular complexity index is 1020. The molecule has 0 aromatic heterocycles. The molecular formula is C21H17Br2Cl2NO3S. The second kappa shape index (κ2) is 10.1. The lowest BCUT2D eigenvalue weighted by Gasteiger charge is -2.19. The fourth-order valence-corrected chi connectivity index (χ4v) is 5.48. The molecule has 3 rings (SSSR count). The third-order valence-corrected chi connectivity index (χ3v) is 7.34. The molecule has 0 aliphatic carbocycles. The highest BCUT2D eigenvalue weighted by Gasteiger charge is 2.37. The van der Waals surface area contributed by atoms with Gasteiger partial charge in [0.25, 0.3) is 11.1 Å². The van der Waals surface area contributed by atoms with E-state index in [2.05, 4.69) is 31.9 Å². The summed E-state index contributed by atoms with van der Waals surface area (Å²) in [6.45, 7) is 4.12. The average molecular weight is 594 g/mol. The quantitative estimate of drug-likeness (QED) is 0.319. The minimum Gasteiger partial charge on any atom is -0.487 e. The standard InChI is InChI=1S/C21H17Br2Cl2NO3S/c1-3-11(2)26-20(27)18(30-21(26)28)9-13-6-14(22)19(15(23)7-13)29-10-12-4-5-16(24)17(25)8-12/h4-9,11H,3,10H2,1-2H3/b18-9+/t11-/m0/s1. The molecular weight excluding hydrogens is 577 g/mol. The summed E-state index contributed by atoms with van der Waals surface area (Å²) in [5, 5.41) is 0.725. The van der Waals surface area contributed by atoms with Crippen molar-refractivity contribution in [2.75, 3.05) is 0 Å². The van der Waals surface area contributed by atoms with E-state index in [1.54, 1.807) is 18.2 Å². The highest BCUT2D eigenvalue weighted by atomic mass is 79.9. The van der Waals surface area contributed by atoms with Gasteiger partial charge in [-0.3, -0.25) is 14.5 Å². The molecule has 1 aliphatic heterocycles. The number of benzene rings is 2. The van der Waals surface area contributed by atoms with Crippen LogP contribution in [0.25, 0.3) is 6.08 Å². The van der Waals surface area contributed by atoms with Gasteiger partial charge in [0.2, 0.25) is 0 Å². The van der Waals surface area contributed by atoms with Crippen LogP contribution in [0.1, 0.15) is 31.4 Å². The topological polar surface area (TPSA) is 46.6 Å². The van der Waals surface area contributed by atoms with Crippen LogP contribution in [0, 0.1) is 0 Å². The first-order valence-electron chi connectivity index (χ1n) is 9.04. The van der Waals surface area contributed by atoms with Gasteiger partial charge in [-0.15, -0.1) is 0 Å². The number of nitrogens with zero attached hydrogens (tertiary/aromatic N) is 1. The highest BCUT2D eigenvalue weighted by molar-refractivity contribution is 9.11. The summed E-state index contributed by atoms with van der Waals surface area (Å²) < 4.78 is 7.35. The van der Waals surface area contributed by atoms with Gasteiger partial charge in [-0.25, -0.2) is 0 Å². The van der Waals surface area contributed by atoms with E-state index < -0.39 is 0 Å². The number of amides is 2. The first kappa shape index (κ1) is 23.7. The van der Waals surface area contributed by atoms with E-state index in [0.29, 0.717) is 42.7 Å². The minimum atomic E-state index is -0.258. The largest absolute Gasteiger partial charge is 0.487 e. The number of ether oxygens (including phenoxy) is 1. The van der Waals surface area contributed by atoms with Crippen LogP contribution in [-0.2, 0) is 11.4 Å². The Kier molecular flexibility index (Phi) is 7.96. The van der Waals surface area contributed by atoms with Crippen molar-refractivity contribution in [3.8, 4) is 5.75 Å². The Hall–Kier alpha value is -0.990. The number of carbonyl (C=O) groups is 2. The van der Waals surface area contributed by atoms with Crippen LogP contribution in [0.2, 0.25) is 10.0 Å². The van der Waals surface area contributed by atoms with E-state index in [9.17, 15) is 9.59 Å².